The molecule has 108 valence electrons. The van der Waals surface area contributed by atoms with Crippen LogP contribution in [0.3, 0.4) is 0 Å². The summed E-state index contributed by atoms with van der Waals surface area (Å²) in [5, 5.41) is 5.95. The van der Waals surface area contributed by atoms with Crippen LogP contribution in [0.15, 0.2) is 30.3 Å². The van der Waals surface area contributed by atoms with E-state index in [2.05, 4.69) is 10.6 Å². The summed E-state index contributed by atoms with van der Waals surface area (Å²) < 4.78 is 4.78. The molecule has 0 spiro atoms. The van der Waals surface area contributed by atoms with Gasteiger partial charge in [0.1, 0.15) is 0 Å². The SMILES string of the molecule is COC(=O)C(NC(=O)C1CCCCN1)c1ccccc1. The van der Waals surface area contributed by atoms with Crippen LogP contribution in [0.4, 0.5) is 0 Å². The molecule has 0 bridgehead atoms. The summed E-state index contributed by atoms with van der Waals surface area (Å²) in [6.07, 6.45) is 2.91. The van der Waals surface area contributed by atoms with Crippen molar-refractivity contribution in [3.8, 4) is 0 Å². The first-order chi connectivity index (χ1) is 9.72. The van der Waals surface area contributed by atoms with E-state index < -0.39 is 12.0 Å². The fraction of sp³-hybridized carbons (Fsp3) is 0.467. The lowest BCUT2D eigenvalue weighted by molar-refractivity contribution is -0.145. The Morgan fingerprint density at radius 3 is 2.65 bits per heavy atom. The number of hydrogen-bond acceptors (Lipinski definition) is 4. The number of ether oxygens (including phenoxy) is 1. The number of esters is 1. The van der Waals surface area contributed by atoms with Crippen molar-refractivity contribution in [1.82, 2.24) is 10.6 Å². The van der Waals surface area contributed by atoms with Crippen molar-refractivity contribution in [3.63, 3.8) is 0 Å². The number of hydrogen-bond donors (Lipinski definition) is 2. The normalized spacial score (nSPS) is 19.9. The van der Waals surface area contributed by atoms with Crippen LogP contribution in [0.1, 0.15) is 30.9 Å². The molecule has 0 aromatic heterocycles. The number of piperidine rings is 1. The zero-order valence-corrected chi connectivity index (χ0v) is 11.6. The van der Waals surface area contributed by atoms with Crippen molar-refractivity contribution in [2.24, 2.45) is 0 Å². The highest BCUT2D eigenvalue weighted by atomic mass is 16.5. The van der Waals surface area contributed by atoms with E-state index in [-0.39, 0.29) is 11.9 Å². The first kappa shape index (κ1) is 14.5. The van der Waals surface area contributed by atoms with Gasteiger partial charge in [-0.1, -0.05) is 36.8 Å². The van der Waals surface area contributed by atoms with Gasteiger partial charge in [0.15, 0.2) is 6.04 Å². The van der Waals surface area contributed by atoms with E-state index in [1.165, 1.54) is 7.11 Å². The molecule has 2 atom stereocenters. The van der Waals surface area contributed by atoms with Gasteiger partial charge in [0.2, 0.25) is 5.91 Å². The van der Waals surface area contributed by atoms with Gasteiger partial charge in [0.05, 0.1) is 13.2 Å². The molecule has 1 aromatic rings. The fourth-order valence-corrected chi connectivity index (χ4v) is 2.36. The molecule has 1 aliphatic rings. The molecule has 0 radical (unpaired) electrons. The summed E-state index contributed by atoms with van der Waals surface area (Å²) in [5.74, 6) is -0.607. The number of methoxy groups -OCH3 is 1. The molecular formula is C15H20N2O3. The lowest BCUT2D eigenvalue weighted by Crippen LogP contribution is -2.48. The average molecular weight is 276 g/mol. The van der Waals surface area contributed by atoms with Gasteiger partial charge in [-0.2, -0.15) is 0 Å². The molecule has 1 aromatic carbocycles. The predicted molar refractivity (Wildman–Crippen MR) is 75.0 cm³/mol. The van der Waals surface area contributed by atoms with E-state index >= 15 is 0 Å². The topological polar surface area (TPSA) is 67.4 Å². The maximum Gasteiger partial charge on any atom is 0.333 e. The summed E-state index contributed by atoms with van der Waals surface area (Å²) in [7, 11) is 1.32. The highest BCUT2D eigenvalue weighted by Gasteiger charge is 2.27. The molecule has 1 amide bonds. The van der Waals surface area contributed by atoms with E-state index in [1.54, 1.807) is 12.1 Å². The van der Waals surface area contributed by atoms with Crippen molar-refractivity contribution in [2.75, 3.05) is 13.7 Å². The van der Waals surface area contributed by atoms with Crippen LogP contribution < -0.4 is 10.6 Å². The van der Waals surface area contributed by atoms with Crippen molar-refractivity contribution >= 4 is 11.9 Å². The van der Waals surface area contributed by atoms with E-state index in [1.807, 2.05) is 18.2 Å². The molecule has 1 heterocycles. The third-order valence-corrected chi connectivity index (χ3v) is 3.48. The third-order valence-electron chi connectivity index (χ3n) is 3.48. The van der Waals surface area contributed by atoms with Crippen LogP contribution in [0.2, 0.25) is 0 Å². The van der Waals surface area contributed by atoms with Gasteiger partial charge in [-0.25, -0.2) is 4.79 Å². The van der Waals surface area contributed by atoms with Crippen molar-refractivity contribution < 1.29 is 14.3 Å². The zero-order chi connectivity index (χ0) is 14.4. The predicted octanol–water partition coefficient (Wildman–Crippen LogP) is 1.16. The molecule has 2 unspecified atom stereocenters. The Morgan fingerprint density at radius 2 is 2.05 bits per heavy atom. The van der Waals surface area contributed by atoms with Gasteiger partial charge >= 0.3 is 5.97 Å². The van der Waals surface area contributed by atoms with Gasteiger partial charge in [0, 0.05) is 0 Å². The minimum atomic E-state index is -0.752. The Labute approximate surface area is 118 Å². The maximum atomic E-state index is 12.2. The number of carbonyl (C=O) groups excluding carboxylic acids is 2. The van der Waals surface area contributed by atoms with Gasteiger partial charge in [0.25, 0.3) is 0 Å². The highest BCUT2D eigenvalue weighted by Crippen LogP contribution is 2.15. The Balaban J connectivity index is 2.08. The van der Waals surface area contributed by atoms with Gasteiger partial charge in [-0.15, -0.1) is 0 Å². The summed E-state index contributed by atoms with van der Waals surface area (Å²) in [5.41, 5.74) is 0.725. The molecule has 1 fully saturated rings. The summed E-state index contributed by atoms with van der Waals surface area (Å²) >= 11 is 0. The summed E-state index contributed by atoms with van der Waals surface area (Å²) in [4.78, 5) is 24.1. The van der Waals surface area contributed by atoms with Crippen molar-refractivity contribution in [3.05, 3.63) is 35.9 Å². The molecule has 2 rings (SSSR count). The van der Waals surface area contributed by atoms with E-state index in [0.717, 1.165) is 31.4 Å². The second-order valence-corrected chi connectivity index (χ2v) is 4.88. The first-order valence-electron chi connectivity index (χ1n) is 6.89. The molecule has 0 aliphatic carbocycles. The van der Waals surface area contributed by atoms with Crippen LogP contribution in [0, 0.1) is 0 Å². The lowest BCUT2D eigenvalue weighted by atomic mass is 10.0. The quantitative estimate of drug-likeness (QED) is 0.810. The maximum absolute atomic E-state index is 12.2. The summed E-state index contributed by atoms with van der Waals surface area (Å²) in [6.45, 7) is 0.840. The Morgan fingerprint density at radius 1 is 1.30 bits per heavy atom. The molecule has 5 nitrogen and oxygen atoms in total. The highest BCUT2D eigenvalue weighted by molar-refractivity contribution is 5.88. The van der Waals surface area contributed by atoms with Crippen LogP contribution >= 0.6 is 0 Å². The molecule has 20 heavy (non-hydrogen) atoms. The van der Waals surface area contributed by atoms with E-state index in [4.69, 9.17) is 4.74 Å². The molecular weight excluding hydrogens is 256 g/mol. The second kappa shape index (κ2) is 7.05. The molecule has 2 N–H and O–H groups in total. The average Bonchev–Trinajstić information content (AvgIpc) is 2.53. The monoisotopic (exact) mass is 276 g/mol. The first-order valence-corrected chi connectivity index (χ1v) is 6.89. The molecule has 1 aliphatic heterocycles. The number of benzene rings is 1. The number of nitrogens with one attached hydrogen (secondary N) is 2. The van der Waals surface area contributed by atoms with Crippen molar-refractivity contribution in [1.29, 1.82) is 0 Å². The van der Waals surface area contributed by atoms with Gasteiger partial charge in [-0.05, 0) is 24.9 Å². The van der Waals surface area contributed by atoms with E-state index in [9.17, 15) is 9.59 Å². The summed E-state index contributed by atoms with van der Waals surface area (Å²) in [6, 6.07) is 8.15. The largest absolute Gasteiger partial charge is 0.467 e. The minimum absolute atomic E-state index is 0.149. The Hall–Kier alpha value is -1.88. The van der Waals surface area contributed by atoms with Crippen LogP contribution in [0.5, 0.6) is 0 Å². The van der Waals surface area contributed by atoms with Crippen LogP contribution in [-0.4, -0.2) is 31.6 Å². The molecule has 5 heteroatoms. The van der Waals surface area contributed by atoms with E-state index in [0.29, 0.717) is 0 Å². The second-order valence-electron chi connectivity index (χ2n) is 4.88. The Bertz CT molecular complexity index is 455. The minimum Gasteiger partial charge on any atom is -0.467 e. The third kappa shape index (κ3) is 3.57. The standard InChI is InChI=1S/C15H20N2O3/c1-20-15(19)13(11-7-3-2-4-8-11)17-14(18)12-9-5-6-10-16-12/h2-4,7-8,12-13,16H,5-6,9-10H2,1H3,(H,17,18). The lowest BCUT2D eigenvalue weighted by Gasteiger charge is -2.25. The van der Waals surface area contributed by atoms with Crippen molar-refractivity contribution in [2.45, 2.75) is 31.3 Å². The van der Waals surface area contributed by atoms with Crippen LogP contribution in [-0.2, 0) is 14.3 Å². The zero-order valence-electron chi connectivity index (χ0n) is 11.6. The molecule has 0 saturated carbocycles. The smallest absolute Gasteiger partial charge is 0.333 e. The van der Waals surface area contributed by atoms with Crippen LogP contribution in [0.25, 0.3) is 0 Å². The molecule has 1 saturated heterocycles. The number of rotatable bonds is 4. The number of carbonyl (C=O) groups is 2. The number of amides is 1. The van der Waals surface area contributed by atoms with Gasteiger partial charge < -0.3 is 15.4 Å². The fourth-order valence-electron chi connectivity index (χ4n) is 2.36. The van der Waals surface area contributed by atoms with Gasteiger partial charge in [-0.3, -0.25) is 4.79 Å². The Kier molecular flexibility index (Phi) is 5.12.